The number of rotatable bonds is 6. The first kappa shape index (κ1) is 20.0. The fraction of sp³-hybridized carbons (Fsp3) is 0.304. The van der Waals surface area contributed by atoms with Gasteiger partial charge in [-0.05, 0) is 25.8 Å². The van der Waals surface area contributed by atoms with Crippen LogP contribution in [0.15, 0.2) is 58.8 Å². The van der Waals surface area contributed by atoms with Crippen LogP contribution in [0.1, 0.15) is 23.2 Å². The molecule has 0 amide bonds. The van der Waals surface area contributed by atoms with Crippen LogP contribution < -0.4 is 11.2 Å². The summed E-state index contributed by atoms with van der Waals surface area (Å²) in [6, 6.07) is 7.84. The number of nitrogens with zero attached hydrogens (tertiary/aromatic N) is 7. The molecule has 32 heavy (non-hydrogen) atoms. The molecule has 4 aromatic heterocycles. The maximum atomic E-state index is 13.4. The molecule has 5 rings (SSSR count). The molecule has 0 aliphatic rings. The number of imidazole rings is 3. The molecule has 9 nitrogen and oxygen atoms in total. The lowest BCUT2D eigenvalue weighted by Gasteiger charge is -2.09. The topological polar surface area (TPSA) is 84.0 Å². The average Bonchev–Trinajstić information content (AvgIpc) is 3.47. The number of fused-ring (bicyclic) bond motifs is 3. The van der Waals surface area contributed by atoms with Crippen molar-refractivity contribution in [2.24, 2.45) is 7.05 Å². The number of aromatic nitrogens is 7. The van der Waals surface area contributed by atoms with Crippen LogP contribution in [0.3, 0.4) is 0 Å². The van der Waals surface area contributed by atoms with Crippen LogP contribution in [0.5, 0.6) is 0 Å². The van der Waals surface area contributed by atoms with Gasteiger partial charge in [-0.25, -0.2) is 9.78 Å². The molecule has 0 N–H and O–H groups in total. The zero-order valence-corrected chi connectivity index (χ0v) is 18.4. The lowest BCUT2D eigenvalue weighted by Crippen LogP contribution is -2.39. The first-order valence-electron chi connectivity index (χ1n) is 10.6. The van der Waals surface area contributed by atoms with Gasteiger partial charge in [-0.1, -0.05) is 29.8 Å². The lowest BCUT2D eigenvalue weighted by molar-refractivity contribution is 0.564. The van der Waals surface area contributed by atoms with Gasteiger partial charge < -0.3 is 9.13 Å². The van der Waals surface area contributed by atoms with E-state index < -0.39 is 0 Å². The Labute approximate surface area is 183 Å². The van der Waals surface area contributed by atoms with E-state index in [1.165, 1.54) is 9.13 Å². The summed E-state index contributed by atoms with van der Waals surface area (Å²) in [7, 11) is 1.67. The van der Waals surface area contributed by atoms with Crippen molar-refractivity contribution in [1.29, 1.82) is 0 Å². The second-order valence-electron chi connectivity index (χ2n) is 8.25. The molecule has 4 heterocycles. The Morgan fingerprint density at radius 1 is 1.06 bits per heavy atom. The number of hydrogen-bond donors (Lipinski definition) is 0. The van der Waals surface area contributed by atoms with E-state index >= 15 is 0 Å². The Morgan fingerprint density at radius 2 is 1.91 bits per heavy atom. The van der Waals surface area contributed by atoms with Crippen LogP contribution in [0.25, 0.3) is 16.9 Å². The van der Waals surface area contributed by atoms with Crippen molar-refractivity contribution in [3.8, 4) is 0 Å². The highest BCUT2D eigenvalue weighted by Gasteiger charge is 2.20. The molecule has 0 unspecified atom stereocenters. The Bertz CT molecular complexity index is 1550. The monoisotopic (exact) mass is 431 g/mol. The Hall–Kier alpha value is -3.88. The molecule has 164 valence electrons. The fourth-order valence-corrected chi connectivity index (χ4v) is 4.29. The zero-order valence-electron chi connectivity index (χ0n) is 18.4. The van der Waals surface area contributed by atoms with Crippen LogP contribution >= 0.6 is 0 Å². The molecule has 0 radical (unpaired) electrons. The predicted octanol–water partition coefficient (Wildman–Crippen LogP) is 2.10. The Kier molecular flexibility index (Phi) is 4.80. The van der Waals surface area contributed by atoms with Gasteiger partial charge in [0.25, 0.3) is 5.56 Å². The normalized spacial score (nSPS) is 11.7. The van der Waals surface area contributed by atoms with Crippen molar-refractivity contribution in [3.05, 3.63) is 86.8 Å². The molecule has 0 aliphatic heterocycles. The van der Waals surface area contributed by atoms with Gasteiger partial charge in [0, 0.05) is 44.4 Å². The fourth-order valence-electron chi connectivity index (χ4n) is 4.29. The number of benzene rings is 1. The molecule has 9 heteroatoms. The van der Waals surface area contributed by atoms with E-state index in [-0.39, 0.29) is 17.8 Å². The lowest BCUT2D eigenvalue weighted by atomic mass is 10.1. The third-order valence-electron chi connectivity index (χ3n) is 5.92. The highest BCUT2D eigenvalue weighted by Crippen LogP contribution is 2.17. The summed E-state index contributed by atoms with van der Waals surface area (Å²) in [4.78, 5) is 35.2. The Morgan fingerprint density at radius 3 is 2.66 bits per heavy atom. The Balaban J connectivity index is 1.59. The quantitative estimate of drug-likeness (QED) is 0.412. The van der Waals surface area contributed by atoms with E-state index in [0.29, 0.717) is 16.9 Å². The third-order valence-corrected chi connectivity index (χ3v) is 5.92. The van der Waals surface area contributed by atoms with Crippen molar-refractivity contribution in [1.82, 2.24) is 32.6 Å². The summed E-state index contributed by atoms with van der Waals surface area (Å²) in [5, 5.41) is 0. The summed E-state index contributed by atoms with van der Waals surface area (Å²) < 4.78 is 8.69. The first-order chi connectivity index (χ1) is 15.4. The van der Waals surface area contributed by atoms with E-state index in [9.17, 15) is 9.59 Å². The second kappa shape index (κ2) is 7.67. The second-order valence-corrected chi connectivity index (χ2v) is 8.25. The van der Waals surface area contributed by atoms with E-state index in [0.717, 1.165) is 36.3 Å². The van der Waals surface area contributed by atoms with Crippen molar-refractivity contribution >= 4 is 16.9 Å². The smallest absolute Gasteiger partial charge is 0.332 e. The predicted molar refractivity (Wildman–Crippen MR) is 122 cm³/mol. The SMILES string of the molecule is Cc1cccc(Cn2c(=O)c3c(nc4n(CCCn5ccnc5)c(C)cn34)n(C)c2=O)c1. The summed E-state index contributed by atoms with van der Waals surface area (Å²) in [6.07, 6.45) is 8.32. The van der Waals surface area contributed by atoms with Gasteiger partial charge in [0.05, 0.1) is 12.9 Å². The highest BCUT2D eigenvalue weighted by molar-refractivity contribution is 5.75. The summed E-state index contributed by atoms with van der Waals surface area (Å²) >= 11 is 0. The molecule has 0 saturated carbocycles. The van der Waals surface area contributed by atoms with Crippen molar-refractivity contribution in [2.75, 3.05) is 0 Å². The van der Waals surface area contributed by atoms with Gasteiger partial charge in [0.1, 0.15) is 0 Å². The maximum absolute atomic E-state index is 13.4. The molecule has 0 spiro atoms. The van der Waals surface area contributed by atoms with Gasteiger partial charge in [0.15, 0.2) is 11.2 Å². The van der Waals surface area contributed by atoms with Gasteiger partial charge in [-0.3, -0.25) is 18.3 Å². The molecule has 0 saturated heterocycles. The van der Waals surface area contributed by atoms with Gasteiger partial charge in [0.2, 0.25) is 5.78 Å². The van der Waals surface area contributed by atoms with Crippen LogP contribution in [-0.4, -0.2) is 32.6 Å². The van der Waals surface area contributed by atoms with Crippen LogP contribution in [-0.2, 0) is 26.7 Å². The number of aryl methyl sites for hydroxylation is 5. The van der Waals surface area contributed by atoms with Crippen LogP contribution in [0.2, 0.25) is 0 Å². The zero-order chi connectivity index (χ0) is 22.4. The van der Waals surface area contributed by atoms with Crippen molar-refractivity contribution < 1.29 is 0 Å². The standard InChI is InChI=1S/C23H25N7O2/c1-16-6-4-7-18(12-16)14-30-21(31)19-20(26(3)23(30)32)25-22-28(17(2)13-29(19)22)10-5-9-27-11-8-24-15-27/h4,6-8,11-13,15H,5,9-10,14H2,1-3H3. The molecular formula is C23H25N7O2. The van der Waals surface area contributed by atoms with E-state index in [4.69, 9.17) is 4.98 Å². The molecule has 1 aromatic carbocycles. The highest BCUT2D eigenvalue weighted by atomic mass is 16.2. The number of hydrogen-bond acceptors (Lipinski definition) is 4. The minimum atomic E-state index is -0.367. The maximum Gasteiger partial charge on any atom is 0.332 e. The summed E-state index contributed by atoms with van der Waals surface area (Å²) in [5.74, 6) is 0.670. The molecule has 0 aliphatic carbocycles. The van der Waals surface area contributed by atoms with E-state index in [1.54, 1.807) is 19.6 Å². The first-order valence-corrected chi connectivity index (χ1v) is 10.6. The summed E-state index contributed by atoms with van der Waals surface area (Å²) in [6.45, 7) is 5.80. The van der Waals surface area contributed by atoms with E-state index in [1.807, 2.05) is 59.5 Å². The third kappa shape index (κ3) is 3.26. The van der Waals surface area contributed by atoms with Crippen molar-refractivity contribution in [2.45, 2.75) is 39.9 Å². The molecule has 0 bridgehead atoms. The van der Waals surface area contributed by atoms with Crippen molar-refractivity contribution in [3.63, 3.8) is 0 Å². The van der Waals surface area contributed by atoms with Crippen LogP contribution in [0.4, 0.5) is 0 Å². The molecular weight excluding hydrogens is 406 g/mol. The summed E-state index contributed by atoms with van der Waals surface area (Å²) in [5.41, 5.74) is 3.14. The largest absolute Gasteiger partial charge is 0.337 e. The van der Waals surface area contributed by atoms with Gasteiger partial charge in [-0.15, -0.1) is 0 Å². The minimum absolute atomic E-state index is 0.223. The van der Waals surface area contributed by atoms with Gasteiger partial charge in [-0.2, -0.15) is 4.98 Å². The molecule has 0 fully saturated rings. The minimum Gasteiger partial charge on any atom is -0.337 e. The molecule has 5 aromatic rings. The molecule has 0 atom stereocenters. The van der Waals surface area contributed by atoms with E-state index in [2.05, 4.69) is 9.55 Å². The van der Waals surface area contributed by atoms with Gasteiger partial charge >= 0.3 is 5.69 Å². The average molecular weight is 432 g/mol. The van der Waals surface area contributed by atoms with Crippen LogP contribution in [0, 0.1) is 13.8 Å².